The molecule has 1 unspecified atom stereocenters. The maximum absolute atomic E-state index is 12.4. The topological polar surface area (TPSA) is 33.2 Å². The molecule has 0 saturated carbocycles. The average molecular weight is 290 g/mol. The highest BCUT2D eigenvalue weighted by Gasteiger charge is 2.31. The maximum Gasteiger partial charge on any atom is 0.417 e. The van der Waals surface area contributed by atoms with Crippen LogP contribution in [0.4, 0.5) is 13.2 Å². The molecule has 1 aromatic rings. The van der Waals surface area contributed by atoms with E-state index in [1.807, 2.05) is 0 Å². The third kappa shape index (κ3) is 3.40. The van der Waals surface area contributed by atoms with Gasteiger partial charge in [0.2, 0.25) is 5.91 Å². The van der Waals surface area contributed by atoms with Crippen LogP contribution < -0.4 is 0 Å². The summed E-state index contributed by atoms with van der Waals surface area (Å²) in [5.41, 5.74) is -0.321. The maximum atomic E-state index is 12.4. The van der Waals surface area contributed by atoms with Gasteiger partial charge in [-0.25, -0.2) is 0 Å². The number of hydrogen-bond donors (Lipinski definition) is 1. The molecule has 0 aromatic carbocycles. The number of carbonyl (C=O) groups is 1. The minimum atomic E-state index is -4.38. The summed E-state index contributed by atoms with van der Waals surface area (Å²) in [6.07, 6.45) is -3.14. The van der Waals surface area contributed by atoms with Crippen molar-refractivity contribution in [2.45, 2.75) is 19.1 Å². The number of halogens is 3. The van der Waals surface area contributed by atoms with Crippen LogP contribution in [0, 0.1) is 5.92 Å². The fourth-order valence-electron chi connectivity index (χ4n) is 2.01. The van der Waals surface area contributed by atoms with Crippen LogP contribution in [-0.2, 0) is 17.5 Å². The van der Waals surface area contributed by atoms with E-state index >= 15 is 0 Å². The van der Waals surface area contributed by atoms with E-state index in [2.05, 4.69) is 17.6 Å². The highest BCUT2D eigenvalue weighted by Crippen LogP contribution is 2.28. The van der Waals surface area contributed by atoms with Crippen LogP contribution in [0.5, 0.6) is 0 Å². The lowest BCUT2D eigenvalue weighted by atomic mass is 10.1. The summed E-state index contributed by atoms with van der Waals surface area (Å²) in [5, 5.41) is 0. The number of hydrogen-bond acceptors (Lipinski definition) is 3. The molecule has 2 heterocycles. The van der Waals surface area contributed by atoms with E-state index in [-0.39, 0.29) is 18.4 Å². The molecule has 1 atom stereocenters. The van der Waals surface area contributed by atoms with Crippen molar-refractivity contribution in [3.63, 3.8) is 0 Å². The quantitative estimate of drug-likeness (QED) is 0.867. The largest absolute Gasteiger partial charge is 0.417 e. The second kappa shape index (κ2) is 5.40. The van der Waals surface area contributed by atoms with Gasteiger partial charge in [0.25, 0.3) is 0 Å². The van der Waals surface area contributed by atoms with Crippen LogP contribution in [0.2, 0.25) is 0 Å². The molecule has 104 valence electrons. The third-order valence-electron chi connectivity index (χ3n) is 3.06. The summed E-state index contributed by atoms with van der Waals surface area (Å²) in [6, 6.07) is 2.29. The molecule has 1 fully saturated rings. The lowest BCUT2D eigenvalue weighted by Gasteiger charge is -2.16. The Morgan fingerprint density at radius 2 is 2.16 bits per heavy atom. The predicted octanol–water partition coefficient (Wildman–Crippen LogP) is 2.38. The first-order valence-electron chi connectivity index (χ1n) is 5.81. The molecule has 0 aliphatic carbocycles. The molecular formula is C12H13F3N2OS. The Balaban J connectivity index is 2.02. The van der Waals surface area contributed by atoms with Gasteiger partial charge in [-0.3, -0.25) is 9.78 Å². The SMILES string of the molecule is O=C1CC(CS)CN1Cc1ccc(C(F)(F)F)cn1. The third-order valence-corrected chi connectivity index (χ3v) is 3.57. The number of carbonyl (C=O) groups excluding carboxylic acids is 1. The number of alkyl halides is 3. The molecule has 1 saturated heterocycles. The summed E-state index contributed by atoms with van der Waals surface area (Å²) < 4.78 is 37.1. The normalized spacial score (nSPS) is 20.1. The van der Waals surface area contributed by atoms with Crippen molar-refractivity contribution in [3.8, 4) is 0 Å². The highest BCUT2D eigenvalue weighted by atomic mass is 32.1. The van der Waals surface area contributed by atoms with Crippen LogP contribution >= 0.6 is 12.6 Å². The Morgan fingerprint density at radius 3 is 2.63 bits per heavy atom. The van der Waals surface area contributed by atoms with Gasteiger partial charge in [0.1, 0.15) is 0 Å². The van der Waals surface area contributed by atoms with Gasteiger partial charge >= 0.3 is 6.18 Å². The predicted molar refractivity (Wildman–Crippen MR) is 66.6 cm³/mol. The Morgan fingerprint density at radius 1 is 1.42 bits per heavy atom. The van der Waals surface area contributed by atoms with E-state index in [1.54, 1.807) is 4.90 Å². The van der Waals surface area contributed by atoms with Gasteiger partial charge in [-0.1, -0.05) is 0 Å². The summed E-state index contributed by atoms with van der Waals surface area (Å²) in [7, 11) is 0. The van der Waals surface area contributed by atoms with E-state index in [0.29, 0.717) is 24.4 Å². The van der Waals surface area contributed by atoms with Crippen molar-refractivity contribution in [3.05, 3.63) is 29.6 Å². The number of aromatic nitrogens is 1. The second-order valence-corrected chi connectivity index (χ2v) is 4.93. The molecule has 0 N–H and O–H groups in total. The van der Waals surface area contributed by atoms with Crippen LogP contribution in [0.15, 0.2) is 18.3 Å². The van der Waals surface area contributed by atoms with Crippen molar-refractivity contribution >= 4 is 18.5 Å². The zero-order chi connectivity index (χ0) is 14.0. The molecule has 0 spiro atoms. The minimum Gasteiger partial charge on any atom is -0.336 e. The second-order valence-electron chi connectivity index (χ2n) is 4.56. The Labute approximate surface area is 114 Å². The Kier molecular flexibility index (Phi) is 4.03. The summed E-state index contributed by atoms with van der Waals surface area (Å²) in [4.78, 5) is 17.0. The van der Waals surface area contributed by atoms with E-state index in [1.165, 1.54) is 6.07 Å². The lowest BCUT2D eigenvalue weighted by Crippen LogP contribution is -2.25. The summed E-state index contributed by atoms with van der Waals surface area (Å²) >= 11 is 4.15. The van der Waals surface area contributed by atoms with Crippen LogP contribution in [0.3, 0.4) is 0 Å². The van der Waals surface area contributed by atoms with Crippen molar-refractivity contribution in [1.82, 2.24) is 9.88 Å². The van der Waals surface area contributed by atoms with Gasteiger partial charge in [0, 0.05) is 19.2 Å². The molecule has 1 aliphatic heterocycles. The minimum absolute atomic E-state index is 0.000693. The van der Waals surface area contributed by atoms with Gasteiger partial charge in [0.15, 0.2) is 0 Å². The van der Waals surface area contributed by atoms with Gasteiger partial charge in [0.05, 0.1) is 17.8 Å². The van der Waals surface area contributed by atoms with Crippen molar-refractivity contribution in [1.29, 1.82) is 0 Å². The fraction of sp³-hybridized carbons (Fsp3) is 0.500. The molecule has 7 heteroatoms. The van der Waals surface area contributed by atoms with E-state index in [4.69, 9.17) is 0 Å². The van der Waals surface area contributed by atoms with Crippen LogP contribution in [0.1, 0.15) is 17.7 Å². The lowest BCUT2D eigenvalue weighted by molar-refractivity contribution is -0.138. The number of thiol groups is 1. The first-order chi connectivity index (χ1) is 8.90. The fourth-order valence-corrected chi connectivity index (χ4v) is 2.25. The molecule has 0 radical (unpaired) electrons. The first kappa shape index (κ1) is 14.2. The summed E-state index contributed by atoms with van der Waals surface area (Å²) in [5.74, 6) is 0.842. The zero-order valence-corrected chi connectivity index (χ0v) is 10.9. The van der Waals surface area contributed by atoms with E-state index in [0.717, 1.165) is 12.3 Å². The van der Waals surface area contributed by atoms with Gasteiger partial charge in [-0.15, -0.1) is 0 Å². The van der Waals surface area contributed by atoms with Gasteiger partial charge in [-0.05, 0) is 23.8 Å². The van der Waals surface area contributed by atoms with Crippen molar-refractivity contribution in [2.75, 3.05) is 12.3 Å². The standard InChI is InChI=1S/C12H13F3N2OS/c13-12(14,15)9-1-2-10(16-4-9)6-17-5-8(7-19)3-11(17)18/h1-2,4,8,19H,3,5-7H2. The van der Waals surface area contributed by atoms with Gasteiger partial charge < -0.3 is 4.90 Å². The molecule has 1 aromatic heterocycles. The number of likely N-dealkylation sites (tertiary alicyclic amines) is 1. The molecule has 1 amide bonds. The zero-order valence-electron chi connectivity index (χ0n) is 10.0. The smallest absolute Gasteiger partial charge is 0.336 e. The number of nitrogens with zero attached hydrogens (tertiary/aromatic N) is 2. The molecule has 1 aliphatic rings. The van der Waals surface area contributed by atoms with E-state index < -0.39 is 11.7 Å². The van der Waals surface area contributed by atoms with Crippen LogP contribution in [-0.4, -0.2) is 28.1 Å². The molecular weight excluding hydrogens is 277 g/mol. The monoisotopic (exact) mass is 290 g/mol. The van der Waals surface area contributed by atoms with Crippen molar-refractivity contribution in [2.24, 2.45) is 5.92 Å². The number of amides is 1. The summed E-state index contributed by atoms with van der Waals surface area (Å²) in [6.45, 7) is 0.840. The average Bonchev–Trinajstić information content (AvgIpc) is 2.70. The highest BCUT2D eigenvalue weighted by molar-refractivity contribution is 7.80. The Bertz CT molecular complexity index is 461. The molecule has 19 heavy (non-hydrogen) atoms. The Hall–Kier alpha value is -1.24. The van der Waals surface area contributed by atoms with Gasteiger partial charge in [-0.2, -0.15) is 25.8 Å². The van der Waals surface area contributed by atoms with Crippen molar-refractivity contribution < 1.29 is 18.0 Å². The number of rotatable bonds is 3. The van der Waals surface area contributed by atoms with E-state index in [9.17, 15) is 18.0 Å². The number of pyridine rings is 1. The van der Waals surface area contributed by atoms with Crippen LogP contribution in [0.25, 0.3) is 0 Å². The molecule has 3 nitrogen and oxygen atoms in total. The first-order valence-corrected chi connectivity index (χ1v) is 6.44. The molecule has 2 rings (SSSR count). The molecule has 0 bridgehead atoms.